The Balaban J connectivity index is 1.33. The molecule has 1 saturated heterocycles. The maximum absolute atomic E-state index is 12.4. The van der Waals surface area contributed by atoms with Gasteiger partial charge in [0, 0.05) is 49.3 Å². The summed E-state index contributed by atoms with van der Waals surface area (Å²) in [6.45, 7) is 1.41. The predicted octanol–water partition coefficient (Wildman–Crippen LogP) is 2.27. The van der Waals surface area contributed by atoms with Gasteiger partial charge in [-0.2, -0.15) is 5.10 Å². The highest BCUT2D eigenvalue weighted by atomic mass is 16.5. The second kappa shape index (κ2) is 9.17. The third-order valence-corrected chi connectivity index (χ3v) is 5.74. The van der Waals surface area contributed by atoms with Crippen molar-refractivity contribution in [2.45, 2.75) is 56.7 Å². The number of amides is 2. The summed E-state index contributed by atoms with van der Waals surface area (Å²) in [4.78, 5) is 28.7. The van der Waals surface area contributed by atoms with Gasteiger partial charge < -0.3 is 15.4 Å². The van der Waals surface area contributed by atoms with E-state index in [4.69, 9.17) is 4.74 Å². The van der Waals surface area contributed by atoms with E-state index in [1.807, 2.05) is 12.1 Å². The molecular weight excluding hydrogens is 370 g/mol. The Morgan fingerprint density at radius 1 is 0.931 bits per heavy atom. The molecule has 154 valence electrons. The lowest BCUT2D eigenvalue weighted by atomic mass is 9.91. The van der Waals surface area contributed by atoms with Crippen LogP contribution < -0.4 is 16.2 Å². The molecule has 0 bridgehead atoms. The minimum absolute atomic E-state index is 0.0564. The van der Waals surface area contributed by atoms with E-state index in [2.05, 4.69) is 20.7 Å². The van der Waals surface area contributed by atoms with Crippen LogP contribution in [0.5, 0.6) is 0 Å². The van der Waals surface area contributed by atoms with Crippen molar-refractivity contribution < 1.29 is 9.53 Å². The van der Waals surface area contributed by atoms with Crippen molar-refractivity contribution in [2.75, 3.05) is 13.2 Å². The molecule has 29 heavy (non-hydrogen) atoms. The van der Waals surface area contributed by atoms with Gasteiger partial charge >= 0.3 is 6.03 Å². The SMILES string of the molecule is O=C(NC1CCOCC1)NC1CCC(n2nc(-c3ccncc3)ccc2=O)CC1. The number of rotatable bonds is 4. The lowest BCUT2D eigenvalue weighted by Crippen LogP contribution is -2.48. The van der Waals surface area contributed by atoms with E-state index in [1.165, 1.54) is 0 Å². The highest BCUT2D eigenvalue weighted by molar-refractivity contribution is 5.74. The minimum atomic E-state index is -0.102. The summed E-state index contributed by atoms with van der Waals surface area (Å²) in [7, 11) is 0. The molecule has 0 spiro atoms. The lowest BCUT2D eigenvalue weighted by molar-refractivity contribution is 0.0798. The van der Waals surface area contributed by atoms with Crippen LogP contribution in [0.2, 0.25) is 0 Å². The topological polar surface area (TPSA) is 98.1 Å². The van der Waals surface area contributed by atoms with Gasteiger partial charge in [0.2, 0.25) is 0 Å². The van der Waals surface area contributed by atoms with Crippen molar-refractivity contribution in [3.8, 4) is 11.3 Å². The van der Waals surface area contributed by atoms with E-state index in [0.29, 0.717) is 13.2 Å². The molecule has 0 radical (unpaired) electrons. The molecule has 1 aliphatic carbocycles. The minimum Gasteiger partial charge on any atom is -0.381 e. The van der Waals surface area contributed by atoms with Crippen molar-refractivity contribution in [3.05, 3.63) is 47.0 Å². The second-order valence-electron chi connectivity index (χ2n) is 7.75. The Bertz CT molecular complexity index is 871. The summed E-state index contributed by atoms with van der Waals surface area (Å²) in [6.07, 6.45) is 8.46. The Morgan fingerprint density at radius 3 is 2.28 bits per heavy atom. The van der Waals surface area contributed by atoms with Crippen molar-refractivity contribution in [2.24, 2.45) is 0 Å². The average Bonchev–Trinajstić information content (AvgIpc) is 2.76. The molecule has 2 amide bonds. The zero-order chi connectivity index (χ0) is 20.1. The average molecular weight is 397 g/mol. The van der Waals surface area contributed by atoms with Crippen LogP contribution in [-0.2, 0) is 4.74 Å². The number of ether oxygens (including phenoxy) is 1. The van der Waals surface area contributed by atoms with Gasteiger partial charge in [-0.15, -0.1) is 0 Å². The fourth-order valence-electron chi connectivity index (χ4n) is 4.08. The van der Waals surface area contributed by atoms with Crippen LogP contribution in [0.1, 0.15) is 44.6 Å². The van der Waals surface area contributed by atoms with Crippen LogP contribution in [0.3, 0.4) is 0 Å². The summed E-state index contributed by atoms with van der Waals surface area (Å²) >= 11 is 0. The van der Waals surface area contributed by atoms with Crippen molar-refractivity contribution in [3.63, 3.8) is 0 Å². The number of hydrogen-bond donors (Lipinski definition) is 2. The zero-order valence-corrected chi connectivity index (χ0v) is 16.4. The first kappa shape index (κ1) is 19.6. The molecule has 0 unspecified atom stereocenters. The monoisotopic (exact) mass is 397 g/mol. The third-order valence-electron chi connectivity index (χ3n) is 5.74. The molecule has 2 fully saturated rings. The number of urea groups is 1. The van der Waals surface area contributed by atoms with E-state index in [0.717, 1.165) is 49.8 Å². The number of pyridine rings is 1. The maximum Gasteiger partial charge on any atom is 0.315 e. The molecule has 3 heterocycles. The first-order valence-corrected chi connectivity index (χ1v) is 10.3. The number of carbonyl (C=O) groups is 1. The first-order chi connectivity index (χ1) is 14.2. The van der Waals surface area contributed by atoms with E-state index >= 15 is 0 Å². The van der Waals surface area contributed by atoms with Gasteiger partial charge in [-0.3, -0.25) is 9.78 Å². The molecule has 0 aromatic carbocycles. The molecule has 2 aromatic heterocycles. The summed E-state index contributed by atoms with van der Waals surface area (Å²) in [6, 6.07) is 7.38. The van der Waals surface area contributed by atoms with Gasteiger partial charge in [0.15, 0.2) is 0 Å². The Labute approximate surface area is 169 Å². The fourth-order valence-corrected chi connectivity index (χ4v) is 4.08. The van der Waals surface area contributed by atoms with Gasteiger partial charge in [0.25, 0.3) is 5.56 Å². The lowest BCUT2D eigenvalue weighted by Gasteiger charge is -2.30. The highest BCUT2D eigenvalue weighted by Crippen LogP contribution is 2.27. The molecule has 8 heteroatoms. The molecule has 2 aliphatic rings. The molecule has 1 saturated carbocycles. The largest absolute Gasteiger partial charge is 0.381 e. The first-order valence-electron chi connectivity index (χ1n) is 10.3. The van der Waals surface area contributed by atoms with Crippen molar-refractivity contribution in [1.29, 1.82) is 0 Å². The normalized spacial score (nSPS) is 22.8. The van der Waals surface area contributed by atoms with E-state index in [-0.39, 0.29) is 29.7 Å². The fraction of sp³-hybridized carbons (Fsp3) is 0.524. The third kappa shape index (κ3) is 5.00. The summed E-state index contributed by atoms with van der Waals surface area (Å²) in [5, 5.41) is 10.7. The molecule has 4 rings (SSSR count). The van der Waals surface area contributed by atoms with E-state index in [9.17, 15) is 9.59 Å². The summed E-state index contributed by atoms with van der Waals surface area (Å²) < 4.78 is 6.93. The van der Waals surface area contributed by atoms with Gasteiger partial charge in [0.05, 0.1) is 11.7 Å². The van der Waals surface area contributed by atoms with Gasteiger partial charge in [0.1, 0.15) is 0 Å². The smallest absolute Gasteiger partial charge is 0.315 e. The number of aromatic nitrogens is 3. The van der Waals surface area contributed by atoms with E-state index in [1.54, 1.807) is 29.2 Å². The van der Waals surface area contributed by atoms with Crippen LogP contribution in [0.25, 0.3) is 11.3 Å². The Morgan fingerprint density at radius 2 is 1.59 bits per heavy atom. The molecule has 2 aromatic rings. The number of carbonyl (C=O) groups excluding carboxylic acids is 1. The number of hydrogen-bond acceptors (Lipinski definition) is 5. The summed E-state index contributed by atoms with van der Waals surface area (Å²) in [5.41, 5.74) is 1.62. The zero-order valence-electron chi connectivity index (χ0n) is 16.4. The number of nitrogens with zero attached hydrogens (tertiary/aromatic N) is 3. The number of nitrogens with one attached hydrogen (secondary N) is 2. The predicted molar refractivity (Wildman–Crippen MR) is 109 cm³/mol. The molecule has 8 nitrogen and oxygen atoms in total. The van der Waals surface area contributed by atoms with Crippen LogP contribution in [0, 0.1) is 0 Å². The van der Waals surface area contributed by atoms with Crippen LogP contribution >= 0.6 is 0 Å². The van der Waals surface area contributed by atoms with Gasteiger partial charge in [-0.1, -0.05) is 0 Å². The van der Waals surface area contributed by atoms with Crippen molar-refractivity contribution >= 4 is 6.03 Å². The molecule has 1 aliphatic heterocycles. The molecular formula is C21H27N5O3. The molecule has 0 atom stereocenters. The molecule has 2 N–H and O–H groups in total. The second-order valence-corrected chi connectivity index (χ2v) is 7.75. The van der Waals surface area contributed by atoms with Crippen molar-refractivity contribution in [1.82, 2.24) is 25.4 Å². The van der Waals surface area contributed by atoms with Crippen LogP contribution in [-0.4, -0.2) is 46.1 Å². The maximum atomic E-state index is 12.4. The quantitative estimate of drug-likeness (QED) is 0.825. The van der Waals surface area contributed by atoms with Crippen LogP contribution in [0.4, 0.5) is 4.79 Å². The Hall–Kier alpha value is -2.74. The summed E-state index contributed by atoms with van der Waals surface area (Å²) in [5.74, 6) is 0. The Kier molecular flexibility index (Phi) is 6.19. The van der Waals surface area contributed by atoms with Gasteiger partial charge in [-0.25, -0.2) is 9.48 Å². The van der Waals surface area contributed by atoms with E-state index < -0.39 is 0 Å². The standard InChI is InChI=1S/C21H27N5O3/c27-20-6-5-19(15-7-11-22-12-8-15)25-26(20)18-3-1-16(2-4-18)23-21(28)24-17-9-13-29-14-10-17/h5-8,11-12,16-18H,1-4,9-10,13-14H2,(H2,23,24,28). The van der Waals surface area contributed by atoms with Gasteiger partial charge in [-0.05, 0) is 56.7 Å². The van der Waals surface area contributed by atoms with Crippen LogP contribution in [0.15, 0.2) is 41.5 Å². The highest BCUT2D eigenvalue weighted by Gasteiger charge is 2.26.